The van der Waals surface area contributed by atoms with Crippen LogP contribution in [0.25, 0.3) is 0 Å². The van der Waals surface area contributed by atoms with Gasteiger partial charge in [-0.2, -0.15) is 0 Å². The molecule has 0 radical (unpaired) electrons. The Balaban J connectivity index is 1.71. The summed E-state index contributed by atoms with van der Waals surface area (Å²) in [5.74, 6) is 1.24. The quantitative estimate of drug-likeness (QED) is 0.460. The molecule has 2 aromatic carbocycles. The third kappa shape index (κ3) is 6.13. The number of hydrogen-bond acceptors (Lipinski definition) is 5. The summed E-state index contributed by atoms with van der Waals surface area (Å²) in [5.41, 5.74) is 4.31. The van der Waals surface area contributed by atoms with Crippen molar-refractivity contribution in [3.8, 4) is 11.5 Å². The first-order valence-corrected chi connectivity index (χ1v) is 9.41. The van der Waals surface area contributed by atoms with Gasteiger partial charge in [0.1, 0.15) is 30.0 Å². The van der Waals surface area contributed by atoms with Gasteiger partial charge in [0.2, 0.25) is 0 Å². The van der Waals surface area contributed by atoms with Crippen LogP contribution in [0.15, 0.2) is 94.8 Å². The molecule has 3 rings (SSSR count). The summed E-state index contributed by atoms with van der Waals surface area (Å²) >= 11 is 0. The molecular weight excluding hydrogens is 368 g/mol. The largest absolute Gasteiger partial charge is 0.508 e. The highest BCUT2D eigenvalue weighted by molar-refractivity contribution is 5.33. The Hall–Kier alpha value is -3.24. The average Bonchev–Trinajstić information content (AvgIpc) is 3.28. The molecule has 0 unspecified atom stereocenters. The van der Waals surface area contributed by atoms with E-state index in [1.54, 1.807) is 36.4 Å². The number of phenols is 1. The van der Waals surface area contributed by atoms with Crippen molar-refractivity contribution in [1.29, 1.82) is 0 Å². The molecule has 29 heavy (non-hydrogen) atoms. The van der Waals surface area contributed by atoms with Gasteiger partial charge in [0, 0.05) is 24.0 Å². The lowest BCUT2D eigenvalue weighted by molar-refractivity contribution is 0.146. The standard InChI is InChI=1S/C24H24O5/c25-21-12-5-4-11-20(21)22(26)13-6-8-18(16-23(27)24-14-7-15-28-24)17-29-19-9-2-1-3-10-19/h1-7,9-12,14-15,22-23,25-27H,13,16-17H2/t8?,22-,23-/m1/s1. The predicted molar refractivity (Wildman–Crippen MR) is 110 cm³/mol. The molecule has 0 aliphatic carbocycles. The molecule has 0 aliphatic rings. The Morgan fingerprint density at radius 3 is 2.45 bits per heavy atom. The van der Waals surface area contributed by atoms with Gasteiger partial charge in [-0.3, -0.25) is 0 Å². The highest BCUT2D eigenvalue weighted by Gasteiger charge is 2.14. The molecule has 1 aromatic heterocycles. The minimum atomic E-state index is -0.852. The first-order chi connectivity index (χ1) is 14.1. The second-order valence-corrected chi connectivity index (χ2v) is 6.60. The van der Waals surface area contributed by atoms with Gasteiger partial charge in [-0.15, -0.1) is 5.73 Å². The molecule has 0 bridgehead atoms. The molecule has 3 aromatic rings. The molecule has 2 atom stereocenters. The van der Waals surface area contributed by atoms with E-state index in [-0.39, 0.29) is 25.2 Å². The SMILES string of the molecule is Oc1ccccc1[C@H](O)CC=C=C(COc1ccccc1)C[C@@H](O)c1ccco1. The zero-order valence-corrected chi connectivity index (χ0v) is 15.9. The molecule has 0 amide bonds. The van der Waals surface area contributed by atoms with Crippen LogP contribution in [0.3, 0.4) is 0 Å². The smallest absolute Gasteiger partial charge is 0.132 e. The Kier molecular flexibility index (Phi) is 7.31. The van der Waals surface area contributed by atoms with E-state index in [0.717, 1.165) is 5.57 Å². The number of para-hydroxylation sites is 2. The van der Waals surface area contributed by atoms with Crippen LogP contribution < -0.4 is 4.74 Å². The fourth-order valence-electron chi connectivity index (χ4n) is 2.87. The molecular formula is C24H24O5. The molecule has 1 heterocycles. The lowest BCUT2D eigenvalue weighted by atomic mass is 10.0. The van der Waals surface area contributed by atoms with Gasteiger partial charge >= 0.3 is 0 Å². The molecule has 0 aliphatic heterocycles. The van der Waals surface area contributed by atoms with E-state index >= 15 is 0 Å². The Bertz CT molecular complexity index is 940. The van der Waals surface area contributed by atoms with Crippen molar-refractivity contribution < 1.29 is 24.5 Å². The van der Waals surface area contributed by atoms with E-state index in [1.807, 2.05) is 30.3 Å². The van der Waals surface area contributed by atoms with Crippen molar-refractivity contribution in [2.24, 2.45) is 0 Å². The number of benzene rings is 2. The van der Waals surface area contributed by atoms with Crippen molar-refractivity contribution in [2.45, 2.75) is 25.0 Å². The van der Waals surface area contributed by atoms with Gasteiger partial charge in [-0.05, 0) is 36.4 Å². The van der Waals surface area contributed by atoms with Crippen LogP contribution in [0.5, 0.6) is 11.5 Å². The number of hydrogen-bond donors (Lipinski definition) is 3. The van der Waals surface area contributed by atoms with Crippen LogP contribution in [0.4, 0.5) is 0 Å². The Labute approximate surface area is 169 Å². The minimum absolute atomic E-state index is 0.0539. The van der Waals surface area contributed by atoms with Crippen molar-refractivity contribution in [2.75, 3.05) is 6.61 Å². The van der Waals surface area contributed by atoms with E-state index in [4.69, 9.17) is 9.15 Å². The van der Waals surface area contributed by atoms with Crippen LogP contribution in [0, 0.1) is 0 Å². The molecule has 0 spiro atoms. The summed E-state index contributed by atoms with van der Waals surface area (Å²) in [5, 5.41) is 30.6. The molecule has 0 saturated heterocycles. The van der Waals surface area contributed by atoms with Crippen molar-refractivity contribution in [1.82, 2.24) is 0 Å². The zero-order chi connectivity index (χ0) is 20.5. The monoisotopic (exact) mass is 392 g/mol. The summed E-state index contributed by atoms with van der Waals surface area (Å²) in [4.78, 5) is 0. The third-order valence-electron chi connectivity index (χ3n) is 4.41. The van der Waals surface area contributed by atoms with Crippen LogP contribution in [0.2, 0.25) is 0 Å². The van der Waals surface area contributed by atoms with Gasteiger partial charge in [0.25, 0.3) is 0 Å². The number of aliphatic hydroxyl groups is 2. The topological polar surface area (TPSA) is 83.1 Å². The highest BCUT2D eigenvalue weighted by Crippen LogP contribution is 2.26. The normalized spacial score (nSPS) is 12.6. The van der Waals surface area contributed by atoms with Gasteiger partial charge in [-0.25, -0.2) is 0 Å². The summed E-state index contributed by atoms with van der Waals surface area (Å²) in [6, 6.07) is 19.5. The highest BCUT2D eigenvalue weighted by atomic mass is 16.5. The van der Waals surface area contributed by atoms with E-state index < -0.39 is 12.2 Å². The van der Waals surface area contributed by atoms with E-state index in [0.29, 0.717) is 17.1 Å². The zero-order valence-electron chi connectivity index (χ0n) is 15.9. The number of aromatic hydroxyl groups is 1. The second kappa shape index (κ2) is 10.3. The summed E-state index contributed by atoms with van der Waals surface area (Å²) in [6.07, 6.45) is 2.09. The van der Waals surface area contributed by atoms with E-state index in [9.17, 15) is 15.3 Å². The number of ether oxygens (including phenoxy) is 1. The molecule has 0 fully saturated rings. The summed E-state index contributed by atoms with van der Waals surface area (Å²) < 4.78 is 11.0. The fraction of sp³-hybridized carbons (Fsp3) is 0.208. The summed E-state index contributed by atoms with van der Waals surface area (Å²) in [7, 11) is 0. The number of phenolic OH excluding ortho intramolecular Hbond substituents is 1. The maximum absolute atomic E-state index is 10.4. The number of aliphatic hydroxyl groups excluding tert-OH is 2. The van der Waals surface area contributed by atoms with Crippen molar-refractivity contribution in [3.05, 3.63) is 102 Å². The summed E-state index contributed by atoms with van der Waals surface area (Å²) in [6.45, 7) is 0.241. The molecule has 3 N–H and O–H groups in total. The lowest BCUT2D eigenvalue weighted by Gasteiger charge is -2.12. The Morgan fingerprint density at radius 2 is 1.72 bits per heavy atom. The van der Waals surface area contributed by atoms with Gasteiger partial charge in [0.15, 0.2) is 0 Å². The molecule has 0 saturated carbocycles. The van der Waals surface area contributed by atoms with Gasteiger partial charge in [-0.1, -0.05) is 36.4 Å². The molecule has 5 heteroatoms. The first-order valence-electron chi connectivity index (χ1n) is 9.41. The van der Waals surface area contributed by atoms with Gasteiger partial charge in [0.05, 0.1) is 12.4 Å². The second-order valence-electron chi connectivity index (χ2n) is 6.60. The maximum Gasteiger partial charge on any atom is 0.132 e. The van der Waals surface area contributed by atoms with Gasteiger partial charge < -0.3 is 24.5 Å². The minimum Gasteiger partial charge on any atom is -0.508 e. The third-order valence-corrected chi connectivity index (χ3v) is 4.41. The fourth-order valence-corrected chi connectivity index (χ4v) is 2.87. The van der Waals surface area contributed by atoms with Crippen LogP contribution in [0.1, 0.15) is 36.4 Å². The lowest BCUT2D eigenvalue weighted by Crippen LogP contribution is -2.05. The maximum atomic E-state index is 10.4. The van der Waals surface area contributed by atoms with Crippen molar-refractivity contribution >= 4 is 0 Å². The predicted octanol–water partition coefficient (Wildman–Crippen LogP) is 4.69. The van der Waals surface area contributed by atoms with E-state index in [2.05, 4.69) is 5.73 Å². The number of rotatable bonds is 9. The van der Waals surface area contributed by atoms with E-state index in [1.165, 1.54) is 12.3 Å². The molecule has 5 nitrogen and oxygen atoms in total. The Morgan fingerprint density at radius 1 is 0.966 bits per heavy atom. The average molecular weight is 392 g/mol. The number of furan rings is 1. The van der Waals surface area contributed by atoms with Crippen molar-refractivity contribution in [3.63, 3.8) is 0 Å². The molecule has 150 valence electrons. The van der Waals surface area contributed by atoms with Crippen LogP contribution in [-0.4, -0.2) is 21.9 Å². The first kappa shape index (κ1) is 20.5. The van der Waals surface area contributed by atoms with Crippen LogP contribution in [-0.2, 0) is 0 Å². The van der Waals surface area contributed by atoms with Crippen LogP contribution >= 0.6 is 0 Å².